The number of hydrogen-bond acceptors (Lipinski definition) is 4. The van der Waals surface area contributed by atoms with Gasteiger partial charge in [0.25, 0.3) is 0 Å². The van der Waals surface area contributed by atoms with Crippen molar-refractivity contribution in [3.8, 4) is 11.1 Å². The largest absolute Gasteiger partial charge is 0.383 e. The van der Waals surface area contributed by atoms with Gasteiger partial charge in [-0.3, -0.25) is 19.9 Å². The lowest BCUT2D eigenvalue weighted by Crippen LogP contribution is -2.54. The van der Waals surface area contributed by atoms with E-state index in [1.54, 1.807) is 30.0 Å². The molecule has 0 aliphatic carbocycles. The van der Waals surface area contributed by atoms with E-state index in [-0.39, 0.29) is 30.9 Å². The van der Waals surface area contributed by atoms with Crippen molar-refractivity contribution in [1.29, 1.82) is 0 Å². The fraction of sp³-hybridized carbons (Fsp3) is 0.348. The van der Waals surface area contributed by atoms with Gasteiger partial charge in [0.2, 0.25) is 5.91 Å². The first-order chi connectivity index (χ1) is 15.4. The Morgan fingerprint density at radius 1 is 1.09 bits per heavy atom. The van der Waals surface area contributed by atoms with E-state index >= 15 is 0 Å². The molecule has 2 aliphatic rings. The SMILES string of the molecule is COC[C@@H]1CCN(C)C(=O)N1c1ccc(-c2cccc(N3CCC(=O)NC3=O)c2Cl)cc1. The number of nitrogens with one attached hydrogen (secondary N) is 1. The van der Waals surface area contributed by atoms with Crippen molar-refractivity contribution in [2.45, 2.75) is 18.9 Å². The minimum Gasteiger partial charge on any atom is -0.383 e. The maximum Gasteiger partial charge on any atom is 0.328 e. The smallest absolute Gasteiger partial charge is 0.328 e. The molecule has 2 aromatic carbocycles. The molecule has 8 nitrogen and oxygen atoms in total. The van der Waals surface area contributed by atoms with Gasteiger partial charge in [-0.15, -0.1) is 0 Å². The van der Waals surface area contributed by atoms with Gasteiger partial charge < -0.3 is 9.64 Å². The number of methoxy groups -OCH3 is 1. The van der Waals surface area contributed by atoms with Gasteiger partial charge in [-0.1, -0.05) is 35.9 Å². The predicted molar refractivity (Wildman–Crippen MR) is 123 cm³/mol. The highest BCUT2D eigenvalue weighted by molar-refractivity contribution is 6.36. The Labute approximate surface area is 191 Å². The number of urea groups is 2. The number of imide groups is 1. The summed E-state index contributed by atoms with van der Waals surface area (Å²) in [5.74, 6) is -0.293. The summed E-state index contributed by atoms with van der Waals surface area (Å²) in [6.45, 7) is 1.44. The highest BCUT2D eigenvalue weighted by Crippen LogP contribution is 2.37. The van der Waals surface area contributed by atoms with E-state index in [4.69, 9.17) is 16.3 Å². The summed E-state index contributed by atoms with van der Waals surface area (Å²) in [5.41, 5.74) is 2.95. The molecule has 32 heavy (non-hydrogen) atoms. The topological polar surface area (TPSA) is 82.2 Å². The number of carbonyl (C=O) groups is 3. The minimum absolute atomic E-state index is 0.0261. The van der Waals surface area contributed by atoms with Crippen molar-refractivity contribution in [2.24, 2.45) is 0 Å². The Hall–Kier alpha value is -3.10. The van der Waals surface area contributed by atoms with Crippen molar-refractivity contribution in [2.75, 3.05) is 43.7 Å². The Bertz CT molecular complexity index is 1040. The molecular weight excluding hydrogens is 432 g/mol. The van der Waals surface area contributed by atoms with E-state index in [2.05, 4.69) is 5.32 Å². The van der Waals surface area contributed by atoms with Crippen molar-refractivity contribution >= 4 is 40.9 Å². The van der Waals surface area contributed by atoms with Crippen LogP contribution in [-0.4, -0.2) is 62.8 Å². The zero-order chi connectivity index (χ0) is 22.8. The quantitative estimate of drug-likeness (QED) is 0.743. The Morgan fingerprint density at radius 3 is 2.53 bits per heavy atom. The number of amides is 5. The molecule has 2 saturated heterocycles. The fourth-order valence-electron chi connectivity index (χ4n) is 4.13. The van der Waals surface area contributed by atoms with Crippen LogP contribution < -0.4 is 15.1 Å². The van der Waals surface area contributed by atoms with Crippen LogP contribution in [0.5, 0.6) is 0 Å². The van der Waals surface area contributed by atoms with Crippen LogP contribution in [0.15, 0.2) is 42.5 Å². The van der Waals surface area contributed by atoms with Gasteiger partial charge in [0.1, 0.15) is 0 Å². The first kappa shape index (κ1) is 22.1. The average Bonchev–Trinajstić information content (AvgIpc) is 2.78. The van der Waals surface area contributed by atoms with E-state index in [1.807, 2.05) is 36.4 Å². The number of carbonyl (C=O) groups excluding carboxylic acids is 3. The van der Waals surface area contributed by atoms with Crippen LogP contribution in [0, 0.1) is 0 Å². The van der Waals surface area contributed by atoms with Crippen LogP contribution in [0.25, 0.3) is 11.1 Å². The van der Waals surface area contributed by atoms with Crippen LogP contribution in [0.3, 0.4) is 0 Å². The van der Waals surface area contributed by atoms with Crippen LogP contribution in [0.1, 0.15) is 12.8 Å². The highest BCUT2D eigenvalue weighted by Gasteiger charge is 2.32. The second kappa shape index (κ2) is 9.18. The number of nitrogens with zero attached hydrogens (tertiary/aromatic N) is 3. The maximum atomic E-state index is 12.8. The summed E-state index contributed by atoms with van der Waals surface area (Å²) in [4.78, 5) is 41.5. The van der Waals surface area contributed by atoms with Crippen molar-refractivity contribution in [1.82, 2.24) is 10.2 Å². The number of halogens is 1. The lowest BCUT2D eigenvalue weighted by atomic mass is 10.0. The Kier molecular flexibility index (Phi) is 6.34. The molecule has 0 aromatic heterocycles. The second-order valence-corrected chi connectivity index (χ2v) is 8.29. The molecule has 168 valence electrons. The number of benzene rings is 2. The standard InChI is InChI=1S/C23H25ClN4O4/c1-26-12-10-17(14-32-2)28(23(26)31)16-8-6-15(7-9-16)18-4-3-5-19(21(18)24)27-13-11-20(29)25-22(27)30/h3-9,17H,10-14H2,1-2H3,(H,25,29,30)/t17-/m0/s1. The normalized spacial score (nSPS) is 19.4. The van der Waals surface area contributed by atoms with Crippen molar-refractivity contribution in [3.05, 3.63) is 47.5 Å². The van der Waals surface area contributed by atoms with E-state index < -0.39 is 6.03 Å². The molecule has 0 radical (unpaired) electrons. The Morgan fingerprint density at radius 2 is 1.84 bits per heavy atom. The lowest BCUT2D eigenvalue weighted by Gasteiger charge is -2.39. The summed E-state index contributed by atoms with van der Waals surface area (Å²) in [6, 6.07) is 12.5. The first-order valence-electron chi connectivity index (χ1n) is 10.4. The van der Waals surface area contributed by atoms with Gasteiger partial charge in [-0.25, -0.2) is 9.59 Å². The maximum absolute atomic E-state index is 12.8. The molecule has 0 unspecified atom stereocenters. The van der Waals surface area contributed by atoms with E-state index in [0.717, 1.165) is 23.2 Å². The second-order valence-electron chi connectivity index (χ2n) is 7.91. The fourth-order valence-corrected chi connectivity index (χ4v) is 4.46. The Balaban J connectivity index is 1.62. The van der Waals surface area contributed by atoms with E-state index in [0.29, 0.717) is 23.9 Å². The third-order valence-corrected chi connectivity index (χ3v) is 6.23. The third-order valence-electron chi connectivity index (χ3n) is 5.83. The first-order valence-corrected chi connectivity index (χ1v) is 10.8. The number of hydrogen-bond donors (Lipinski definition) is 1. The molecule has 2 aliphatic heterocycles. The summed E-state index contributed by atoms with van der Waals surface area (Å²) < 4.78 is 5.32. The van der Waals surface area contributed by atoms with Crippen LogP contribution >= 0.6 is 11.6 Å². The van der Waals surface area contributed by atoms with Crippen LogP contribution in [-0.2, 0) is 9.53 Å². The molecule has 4 rings (SSSR count). The van der Waals surface area contributed by atoms with Gasteiger partial charge in [-0.05, 0) is 30.2 Å². The zero-order valence-corrected chi connectivity index (χ0v) is 18.8. The van der Waals surface area contributed by atoms with Gasteiger partial charge in [0.05, 0.1) is 23.4 Å². The summed E-state index contributed by atoms with van der Waals surface area (Å²) in [6.07, 6.45) is 1.05. The molecule has 9 heteroatoms. The number of anilines is 2. The lowest BCUT2D eigenvalue weighted by molar-refractivity contribution is -0.120. The molecule has 5 amide bonds. The molecule has 2 heterocycles. The highest BCUT2D eigenvalue weighted by atomic mass is 35.5. The van der Waals surface area contributed by atoms with Crippen LogP contribution in [0.4, 0.5) is 21.0 Å². The summed E-state index contributed by atoms with van der Waals surface area (Å²) in [7, 11) is 3.43. The van der Waals surface area contributed by atoms with Gasteiger partial charge >= 0.3 is 12.1 Å². The van der Waals surface area contributed by atoms with Crippen molar-refractivity contribution in [3.63, 3.8) is 0 Å². The monoisotopic (exact) mass is 456 g/mol. The number of ether oxygens (including phenoxy) is 1. The summed E-state index contributed by atoms with van der Waals surface area (Å²) >= 11 is 6.68. The average molecular weight is 457 g/mol. The van der Waals surface area contributed by atoms with Gasteiger partial charge in [0.15, 0.2) is 0 Å². The zero-order valence-electron chi connectivity index (χ0n) is 18.0. The van der Waals surface area contributed by atoms with Crippen molar-refractivity contribution < 1.29 is 19.1 Å². The molecule has 0 saturated carbocycles. The third kappa shape index (κ3) is 4.16. The summed E-state index contributed by atoms with van der Waals surface area (Å²) in [5, 5.41) is 2.74. The van der Waals surface area contributed by atoms with E-state index in [1.165, 1.54) is 4.90 Å². The molecule has 1 N–H and O–H groups in total. The van der Waals surface area contributed by atoms with E-state index in [9.17, 15) is 14.4 Å². The van der Waals surface area contributed by atoms with Crippen LogP contribution in [0.2, 0.25) is 5.02 Å². The molecule has 0 bridgehead atoms. The predicted octanol–water partition coefficient (Wildman–Crippen LogP) is 3.73. The van der Waals surface area contributed by atoms with Gasteiger partial charge in [0, 0.05) is 44.9 Å². The molecule has 1 atom stereocenters. The molecule has 2 aromatic rings. The minimum atomic E-state index is -0.479. The molecular formula is C23H25ClN4O4. The molecule has 0 spiro atoms. The number of rotatable bonds is 5. The van der Waals surface area contributed by atoms with Gasteiger partial charge in [-0.2, -0.15) is 0 Å². The molecule has 2 fully saturated rings.